The second kappa shape index (κ2) is 7.28. The predicted molar refractivity (Wildman–Crippen MR) is 96.6 cm³/mol. The molecule has 1 amide bonds. The van der Waals surface area contributed by atoms with Crippen molar-refractivity contribution in [1.82, 2.24) is 4.98 Å². The zero-order valence-electron chi connectivity index (χ0n) is 14.7. The van der Waals surface area contributed by atoms with Crippen molar-refractivity contribution in [2.45, 2.75) is 19.6 Å². The third-order valence-corrected chi connectivity index (χ3v) is 3.52. The summed E-state index contributed by atoms with van der Waals surface area (Å²) in [5, 5.41) is 5.54. The number of hydrogen-bond donors (Lipinski definition) is 2. The van der Waals surface area contributed by atoms with Crippen LogP contribution < -0.4 is 10.6 Å². The molecule has 1 fully saturated rings. The molecule has 2 N–H and O–H groups in total. The molecule has 138 valence electrons. The standard InChI is InChI=1S/C19H17N3O5/c1-19(2)26-17(24)14(18(25)27-19)11-21-12-6-5-7-13(10-12)22-16(23)15-8-3-4-9-20-15/h3-11,21H,1-2H3,(H,22,23). The maximum Gasteiger partial charge on any atom is 0.350 e. The maximum absolute atomic E-state index is 12.1. The van der Waals surface area contributed by atoms with Crippen LogP contribution >= 0.6 is 0 Å². The molecule has 0 spiro atoms. The minimum atomic E-state index is -1.29. The molecule has 0 bridgehead atoms. The van der Waals surface area contributed by atoms with Crippen LogP contribution in [0.15, 0.2) is 60.4 Å². The topological polar surface area (TPSA) is 107 Å². The Morgan fingerprint density at radius 3 is 2.41 bits per heavy atom. The number of hydrogen-bond acceptors (Lipinski definition) is 7. The fourth-order valence-corrected chi connectivity index (χ4v) is 2.31. The number of benzene rings is 1. The van der Waals surface area contributed by atoms with E-state index in [9.17, 15) is 14.4 Å². The molecule has 1 aromatic carbocycles. The van der Waals surface area contributed by atoms with Crippen molar-refractivity contribution in [3.8, 4) is 0 Å². The molecule has 1 aliphatic heterocycles. The first-order valence-corrected chi connectivity index (χ1v) is 8.10. The highest BCUT2D eigenvalue weighted by Gasteiger charge is 2.38. The number of carbonyl (C=O) groups excluding carboxylic acids is 3. The molecule has 1 aliphatic rings. The molecule has 8 heteroatoms. The van der Waals surface area contributed by atoms with E-state index >= 15 is 0 Å². The third-order valence-electron chi connectivity index (χ3n) is 3.52. The fraction of sp³-hybridized carbons (Fsp3) is 0.158. The average molecular weight is 367 g/mol. The number of amides is 1. The monoisotopic (exact) mass is 367 g/mol. The van der Waals surface area contributed by atoms with E-state index in [1.807, 2.05) is 0 Å². The van der Waals surface area contributed by atoms with Gasteiger partial charge in [0.2, 0.25) is 0 Å². The lowest BCUT2D eigenvalue weighted by Gasteiger charge is -2.29. The Hall–Kier alpha value is -3.68. The van der Waals surface area contributed by atoms with Crippen molar-refractivity contribution in [2.75, 3.05) is 10.6 Å². The Labute approximate surface area is 155 Å². The van der Waals surface area contributed by atoms with Gasteiger partial charge in [0.25, 0.3) is 11.7 Å². The van der Waals surface area contributed by atoms with Gasteiger partial charge in [-0.1, -0.05) is 12.1 Å². The lowest BCUT2D eigenvalue weighted by Crippen LogP contribution is -2.42. The van der Waals surface area contributed by atoms with Crippen molar-refractivity contribution < 1.29 is 23.9 Å². The van der Waals surface area contributed by atoms with Crippen molar-refractivity contribution in [3.63, 3.8) is 0 Å². The lowest BCUT2D eigenvalue weighted by molar-refractivity contribution is -0.222. The number of anilines is 2. The molecule has 1 saturated heterocycles. The first-order valence-electron chi connectivity index (χ1n) is 8.10. The van der Waals surface area contributed by atoms with Gasteiger partial charge in [-0.15, -0.1) is 0 Å². The van der Waals surface area contributed by atoms with Gasteiger partial charge in [0.15, 0.2) is 5.57 Å². The molecule has 2 aromatic rings. The zero-order chi connectivity index (χ0) is 19.4. The highest BCUT2D eigenvalue weighted by Crippen LogP contribution is 2.23. The second-order valence-electron chi connectivity index (χ2n) is 6.13. The normalized spacial score (nSPS) is 15.4. The predicted octanol–water partition coefficient (Wildman–Crippen LogP) is 2.47. The summed E-state index contributed by atoms with van der Waals surface area (Å²) in [6.07, 6.45) is 2.74. The van der Waals surface area contributed by atoms with Gasteiger partial charge in [-0.05, 0) is 30.3 Å². The highest BCUT2D eigenvalue weighted by atomic mass is 16.7. The highest BCUT2D eigenvalue weighted by molar-refractivity contribution is 6.15. The summed E-state index contributed by atoms with van der Waals surface area (Å²) in [6, 6.07) is 11.8. The Morgan fingerprint density at radius 2 is 1.74 bits per heavy atom. The number of cyclic esters (lactones) is 2. The minimum Gasteiger partial charge on any atom is -0.419 e. The van der Waals surface area contributed by atoms with Crippen molar-refractivity contribution >= 4 is 29.2 Å². The summed E-state index contributed by atoms with van der Waals surface area (Å²) in [5.41, 5.74) is 1.10. The Morgan fingerprint density at radius 1 is 1.04 bits per heavy atom. The smallest absolute Gasteiger partial charge is 0.350 e. The van der Waals surface area contributed by atoms with Crippen LogP contribution in [0.3, 0.4) is 0 Å². The average Bonchev–Trinajstić information content (AvgIpc) is 2.61. The van der Waals surface area contributed by atoms with E-state index in [1.54, 1.807) is 42.5 Å². The number of carbonyl (C=O) groups is 3. The van der Waals surface area contributed by atoms with Gasteiger partial charge in [-0.3, -0.25) is 9.78 Å². The van der Waals surface area contributed by atoms with Gasteiger partial charge in [0.05, 0.1) is 0 Å². The number of nitrogens with zero attached hydrogens (tertiary/aromatic N) is 1. The van der Waals surface area contributed by atoms with Gasteiger partial charge in [-0.2, -0.15) is 0 Å². The van der Waals surface area contributed by atoms with Crippen LogP contribution in [0.4, 0.5) is 11.4 Å². The number of aromatic nitrogens is 1. The maximum atomic E-state index is 12.1. The number of nitrogens with one attached hydrogen (secondary N) is 2. The number of ether oxygens (including phenoxy) is 2. The Balaban J connectivity index is 1.70. The van der Waals surface area contributed by atoms with E-state index in [0.717, 1.165) is 0 Å². The summed E-state index contributed by atoms with van der Waals surface area (Å²) in [6.45, 7) is 2.95. The van der Waals surface area contributed by atoms with E-state index in [1.165, 1.54) is 26.2 Å². The minimum absolute atomic E-state index is 0.253. The molecule has 0 radical (unpaired) electrons. The van der Waals surface area contributed by atoms with Crippen LogP contribution in [0.25, 0.3) is 0 Å². The number of rotatable bonds is 4. The Kier molecular flexibility index (Phi) is 4.89. The van der Waals surface area contributed by atoms with E-state index in [-0.39, 0.29) is 17.2 Å². The molecule has 0 aliphatic carbocycles. The van der Waals surface area contributed by atoms with Crippen molar-refractivity contribution in [2.24, 2.45) is 0 Å². The molecule has 2 heterocycles. The molecule has 8 nitrogen and oxygen atoms in total. The van der Waals surface area contributed by atoms with E-state index in [4.69, 9.17) is 9.47 Å². The number of pyridine rings is 1. The molecule has 0 unspecified atom stereocenters. The third kappa shape index (κ3) is 4.49. The van der Waals surface area contributed by atoms with Crippen molar-refractivity contribution in [3.05, 3.63) is 66.1 Å². The van der Waals surface area contributed by atoms with Crippen LogP contribution in [0.2, 0.25) is 0 Å². The van der Waals surface area contributed by atoms with E-state index in [2.05, 4.69) is 15.6 Å². The molecule has 3 rings (SSSR count). The molecule has 27 heavy (non-hydrogen) atoms. The zero-order valence-corrected chi connectivity index (χ0v) is 14.7. The molecular formula is C19H17N3O5. The van der Waals surface area contributed by atoms with Crippen LogP contribution in [0.5, 0.6) is 0 Å². The lowest BCUT2D eigenvalue weighted by atomic mass is 10.2. The largest absolute Gasteiger partial charge is 0.419 e. The second-order valence-corrected chi connectivity index (χ2v) is 6.13. The van der Waals surface area contributed by atoms with Crippen molar-refractivity contribution in [1.29, 1.82) is 0 Å². The van der Waals surface area contributed by atoms with Gasteiger partial charge in [-0.25, -0.2) is 9.59 Å². The van der Waals surface area contributed by atoms with Gasteiger partial charge < -0.3 is 20.1 Å². The summed E-state index contributed by atoms with van der Waals surface area (Å²) < 4.78 is 10.0. The summed E-state index contributed by atoms with van der Waals surface area (Å²) in [5.74, 6) is -3.19. The molecule has 1 aromatic heterocycles. The Bertz CT molecular complexity index is 900. The first kappa shape index (κ1) is 18.1. The first-order chi connectivity index (χ1) is 12.8. The van der Waals surface area contributed by atoms with Crippen LogP contribution in [0, 0.1) is 0 Å². The van der Waals surface area contributed by atoms with Gasteiger partial charge in [0.1, 0.15) is 5.69 Å². The summed E-state index contributed by atoms with van der Waals surface area (Å²) in [7, 11) is 0. The molecule has 0 saturated carbocycles. The summed E-state index contributed by atoms with van der Waals surface area (Å²) in [4.78, 5) is 40.0. The van der Waals surface area contributed by atoms with E-state index in [0.29, 0.717) is 11.4 Å². The van der Waals surface area contributed by atoms with Crippen LogP contribution in [-0.4, -0.2) is 28.6 Å². The fourth-order valence-electron chi connectivity index (χ4n) is 2.31. The van der Waals surface area contributed by atoms with E-state index < -0.39 is 17.7 Å². The van der Waals surface area contributed by atoms with Gasteiger partial charge >= 0.3 is 11.9 Å². The number of esters is 2. The quantitative estimate of drug-likeness (QED) is 0.486. The SMILES string of the molecule is CC1(C)OC(=O)C(=CNc2cccc(NC(=O)c3ccccn3)c2)C(=O)O1. The molecular weight excluding hydrogens is 350 g/mol. The molecule has 0 atom stereocenters. The van der Waals surface area contributed by atoms with Crippen LogP contribution in [-0.2, 0) is 19.1 Å². The van der Waals surface area contributed by atoms with Crippen LogP contribution in [0.1, 0.15) is 24.3 Å². The summed E-state index contributed by atoms with van der Waals surface area (Å²) >= 11 is 0. The van der Waals surface area contributed by atoms with Gasteiger partial charge in [0, 0.05) is 37.6 Å².